The van der Waals surface area contributed by atoms with Gasteiger partial charge in [0.1, 0.15) is 5.69 Å². The minimum Gasteiger partial charge on any atom is -0.493 e. The summed E-state index contributed by atoms with van der Waals surface area (Å²) in [6, 6.07) is 1.97. The maximum atomic E-state index is 5.38. The molecule has 0 amide bonds. The van der Waals surface area contributed by atoms with E-state index in [0.29, 0.717) is 0 Å². The zero-order chi connectivity index (χ0) is 13.1. The summed E-state index contributed by atoms with van der Waals surface area (Å²) in [6.45, 7) is 2.85. The van der Waals surface area contributed by atoms with Crippen molar-refractivity contribution in [2.75, 3.05) is 14.2 Å². The minimum atomic E-state index is -0.0244. The van der Waals surface area contributed by atoms with E-state index in [-0.39, 0.29) is 6.04 Å². The average Bonchev–Trinajstić information content (AvgIpc) is 2.97. The zero-order valence-corrected chi connectivity index (χ0v) is 11.2. The molecule has 0 radical (unpaired) electrons. The zero-order valence-electron chi connectivity index (χ0n) is 11.2. The third-order valence-corrected chi connectivity index (χ3v) is 2.96. The van der Waals surface area contributed by atoms with Crippen molar-refractivity contribution in [3.63, 3.8) is 0 Å². The number of aryl methyl sites for hydroxylation is 2. The van der Waals surface area contributed by atoms with Crippen LogP contribution in [-0.4, -0.2) is 33.7 Å². The molecule has 0 saturated heterocycles. The molecule has 1 N–H and O–H groups in total. The quantitative estimate of drug-likeness (QED) is 0.857. The van der Waals surface area contributed by atoms with E-state index in [4.69, 9.17) is 4.74 Å². The highest BCUT2D eigenvalue weighted by Gasteiger charge is 2.23. The molecule has 0 spiro atoms. The van der Waals surface area contributed by atoms with Crippen LogP contribution in [0.1, 0.15) is 24.4 Å². The van der Waals surface area contributed by atoms with Crippen LogP contribution in [0.3, 0.4) is 0 Å². The Balaban J connectivity index is 2.46. The van der Waals surface area contributed by atoms with E-state index in [1.54, 1.807) is 18.0 Å². The van der Waals surface area contributed by atoms with Crippen molar-refractivity contribution in [3.8, 4) is 5.75 Å². The van der Waals surface area contributed by atoms with Crippen molar-refractivity contribution in [1.29, 1.82) is 0 Å². The van der Waals surface area contributed by atoms with Gasteiger partial charge in [-0.15, -0.1) is 0 Å². The van der Waals surface area contributed by atoms with E-state index in [1.807, 2.05) is 31.0 Å². The number of rotatable bonds is 5. The summed E-state index contributed by atoms with van der Waals surface area (Å²) in [5.74, 6) is 0.779. The van der Waals surface area contributed by atoms with Crippen LogP contribution in [0, 0.1) is 0 Å². The van der Waals surface area contributed by atoms with Crippen LogP contribution in [0.2, 0.25) is 0 Å². The summed E-state index contributed by atoms with van der Waals surface area (Å²) in [5, 5.41) is 12.0. The highest BCUT2D eigenvalue weighted by Crippen LogP contribution is 2.28. The predicted octanol–water partition coefficient (Wildman–Crippen LogP) is 0.954. The molecular weight excluding hydrogens is 230 g/mol. The maximum absolute atomic E-state index is 5.38. The van der Waals surface area contributed by atoms with Crippen LogP contribution >= 0.6 is 0 Å². The molecule has 1 unspecified atom stereocenters. The smallest absolute Gasteiger partial charge is 0.161 e. The molecule has 6 heteroatoms. The number of aromatic nitrogens is 4. The third-order valence-electron chi connectivity index (χ3n) is 2.96. The molecule has 18 heavy (non-hydrogen) atoms. The largest absolute Gasteiger partial charge is 0.493 e. The molecule has 0 aliphatic carbocycles. The molecule has 0 bridgehead atoms. The van der Waals surface area contributed by atoms with E-state index in [9.17, 15) is 0 Å². The summed E-state index contributed by atoms with van der Waals surface area (Å²) in [7, 11) is 5.47. The second-order valence-electron chi connectivity index (χ2n) is 4.05. The summed E-state index contributed by atoms with van der Waals surface area (Å²) >= 11 is 0. The Hall–Kier alpha value is -1.82. The fourth-order valence-corrected chi connectivity index (χ4v) is 2.09. The van der Waals surface area contributed by atoms with Gasteiger partial charge in [-0.2, -0.15) is 10.2 Å². The molecular formula is C12H19N5O. The molecule has 0 fully saturated rings. The van der Waals surface area contributed by atoms with Gasteiger partial charge in [0.25, 0.3) is 0 Å². The molecule has 0 saturated carbocycles. The molecule has 1 atom stereocenters. The molecule has 2 aromatic heterocycles. The van der Waals surface area contributed by atoms with Gasteiger partial charge >= 0.3 is 0 Å². The summed E-state index contributed by atoms with van der Waals surface area (Å²) in [6.07, 6.45) is 3.67. The Morgan fingerprint density at radius 2 is 2.28 bits per heavy atom. The average molecular weight is 249 g/mol. The van der Waals surface area contributed by atoms with Crippen molar-refractivity contribution in [2.45, 2.75) is 19.5 Å². The molecule has 2 rings (SSSR count). The molecule has 6 nitrogen and oxygen atoms in total. The van der Waals surface area contributed by atoms with E-state index < -0.39 is 0 Å². The van der Waals surface area contributed by atoms with E-state index in [2.05, 4.69) is 22.4 Å². The van der Waals surface area contributed by atoms with Gasteiger partial charge in [-0.3, -0.25) is 9.36 Å². The normalized spacial score (nSPS) is 12.7. The molecule has 2 heterocycles. The lowest BCUT2D eigenvalue weighted by Crippen LogP contribution is -2.22. The minimum absolute atomic E-state index is 0.0244. The molecule has 0 aliphatic heterocycles. The van der Waals surface area contributed by atoms with Crippen molar-refractivity contribution < 1.29 is 4.74 Å². The number of nitrogens with one attached hydrogen (secondary N) is 1. The van der Waals surface area contributed by atoms with Gasteiger partial charge in [0.15, 0.2) is 5.75 Å². The fourth-order valence-electron chi connectivity index (χ4n) is 2.09. The van der Waals surface area contributed by atoms with Crippen molar-refractivity contribution in [3.05, 3.63) is 29.8 Å². The van der Waals surface area contributed by atoms with Crippen LogP contribution in [0.5, 0.6) is 5.75 Å². The van der Waals surface area contributed by atoms with Gasteiger partial charge in [-0.1, -0.05) is 0 Å². The van der Waals surface area contributed by atoms with Gasteiger partial charge in [0, 0.05) is 19.8 Å². The lowest BCUT2D eigenvalue weighted by Gasteiger charge is -2.16. The Morgan fingerprint density at radius 1 is 1.50 bits per heavy atom. The maximum Gasteiger partial charge on any atom is 0.161 e. The standard InChI is InChI=1S/C12H19N5O/c1-5-17-12(10(18-4)8-14-17)11(13-2)9-6-7-16(3)15-9/h6-8,11,13H,5H2,1-4H3. The van der Waals surface area contributed by atoms with Gasteiger partial charge in [0.05, 0.1) is 25.0 Å². The first-order valence-electron chi connectivity index (χ1n) is 5.97. The first kappa shape index (κ1) is 12.6. The Morgan fingerprint density at radius 3 is 2.78 bits per heavy atom. The predicted molar refractivity (Wildman–Crippen MR) is 68.6 cm³/mol. The molecule has 2 aromatic rings. The lowest BCUT2D eigenvalue weighted by atomic mass is 10.1. The highest BCUT2D eigenvalue weighted by molar-refractivity contribution is 5.33. The fraction of sp³-hybridized carbons (Fsp3) is 0.500. The summed E-state index contributed by atoms with van der Waals surface area (Å²) in [4.78, 5) is 0. The van der Waals surface area contributed by atoms with Gasteiger partial charge in [0.2, 0.25) is 0 Å². The Bertz CT molecular complexity index is 495. The van der Waals surface area contributed by atoms with Crippen LogP contribution in [-0.2, 0) is 13.6 Å². The van der Waals surface area contributed by atoms with Crippen LogP contribution in [0.25, 0.3) is 0 Å². The van der Waals surface area contributed by atoms with Gasteiger partial charge < -0.3 is 10.1 Å². The van der Waals surface area contributed by atoms with Crippen molar-refractivity contribution in [2.24, 2.45) is 7.05 Å². The number of ether oxygens (including phenoxy) is 1. The Labute approximate surface area is 107 Å². The first-order chi connectivity index (χ1) is 8.71. The number of hydrogen-bond acceptors (Lipinski definition) is 4. The monoisotopic (exact) mass is 249 g/mol. The topological polar surface area (TPSA) is 56.9 Å². The van der Waals surface area contributed by atoms with E-state index >= 15 is 0 Å². The molecule has 0 aromatic carbocycles. The number of methoxy groups -OCH3 is 1. The second-order valence-corrected chi connectivity index (χ2v) is 4.05. The van der Waals surface area contributed by atoms with Gasteiger partial charge in [-0.05, 0) is 20.0 Å². The van der Waals surface area contributed by atoms with Crippen LogP contribution in [0.15, 0.2) is 18.5 Å². The van der Waals surface area contributed by atoms with Crippen LogP contribution in [0.4, 0.5) is 0 Å². The van der Waals surface area contributed by atoms with Crippen molar-refractivity contribution >= 4 is 0 Å². The number of nitrogens with zero attached hydrogens (tertiary/aromatic N) is 4. The number of hydrogen-bond donors (Lipinski definition) is 1. The molecule has 98 valence electrons. The Kier molecular flexibility index (Phi) is 3.66. The second kappa shape index (κ2) is 5.22. The summed E-state index contributed by atoms with van der Waals surface area (Å²) < 4.78 is 9.10. The van der Waals surface area contributed by atoms with E-state index in [1.165, 1.54) is 0 Å². The SMILES string of the molecule is CCn1ncc(OC)c1C(NC)c1ccn(C)n1. The summed E-state index contributed by atoms with van der Waals surface area (Å²) in [5.41, 5.74) is 1.95. The van der Waals surface area contributed by atoms with E-state index in [0.717, 1.165) is 23.7 Å². The first-order valence-corrected chi connectivity index (χ1v) is 5.97. The van der Waals surface area contributed by atoms with Crippen molar-refractivity contribution in [1.82, 2.24) is 24.9 Å². The van der Waals surface area contributed by atoms with Crippen LogP contribution < -0.4 is 10.1 Å². The van der Waals surface area contributed by atoms with Gasteiger partial charge in [-0.25, -0.2) is 0 Å². The third kappa shape index (κ3) is 2.11. The highest BCUT2D eigenvalue weighted by atomic mass is 16.5. The lowest BCUT2D eigenvalue weighted by molar-refractivity contribution is 0.400. The molecule has 0 aliphatic rings.